The van der Waals surface area contributed by atoms with Crippen molar-refractivity contribution in [2.75, 3.05) is 0 Å². The van der Waals surface area contributed by atoms with Crippen LogP contribution in [0.15, 0.2) is 29.2 Å². The Bertz CT molecular complexity index is 391. The lowest BCUT2D eigenvalue weighted by Gasteiger charge is -1.99. The molecule has 5 nitrogen and oxygen atoms in total. The van der Waals surface area contributed by atoms with Crippen LogP contribution in [0.1, 0.15) is 18.4 Å². The first-order valence-electron chi connectivity index (χ1n) is 4.62. The molecule has 0 saturated carbocycles. The molecule has 0 spiro atoms. The summed E-state index contributed by atoms with van der Waals surface area (Å²) in [5.74, 6) is 0.0891. The number of carbonyl (C=O) groups excluding carboxylic acids is 2. The van der Waals surface area contributed by atoms with Gasteiger partial charge in [0, 0.05) is 13.0 Å². The summed E-state index contributed by atoms with van der Waals surface area (Å²) in [6, 6.07) is 3.30. The predicted octanol–water partition coefficient (Wildman–Crippen LogP) is 1.57. The van der Waals surface area contributed by atoms with Crippen molar-refractivity contribution in [2.24, 2.45) is 0 Å². The van der Waals surface area contributed by atoms with Crippen molar-refractivity contribution in [1.82, 2.24) is 0 Å². The minimum Gasteiger partial charge on any atom is -0.459 e. The Morgan fingerprint density at radius 2 is 1.88 bits per heavy atom. The monoisotopic (exact) mass is 224 g/mol. The van der Waals surface area contributed by atoms with Gasteiger partial charge in [-0.05, 0) is 12.1 Å². The molecule has 0 aliphatic heterocycles. The maximum atomic E-state index is 10.8. The summed E-state index contributed by atoms with van der Waals surface area (Å²) in [5, 5.41) is 0. The molecule has 0 atom stereocenters. The summed E-state index contributed by atoms with van der Waals surface area (Å²) in [4.78, 5) is 21.3. The van der Waals surface area contributed by atoms with Gasteiger partial charge in [-0.2, -0.15) is 0 Å². The summed E-state index contributed by atoms with van der Waals surface area (Å²) >= 11 is 0. The fourth-order valence-corrected chi connectivity index (χ4v) is 0.951. The molecule has 5 heteroatoms. The van der Waals surface area contributed by atoms with Crippen LogP contribution in [0.5, 0.6) is 0 Å². The molecule has 0 N–H and O–H groups in total. The third-order valence-corrected chi connectivity index (χ3v) is 1.66. The van der Waals surface area contributed by atoms with Crippen LogP contribution in [0.2, 0.25) is 0 Å². The number of hydrogen-bond donors (Lipinski definition) is 0. The Labute approximate surface area is 92.6 Å². The second-order valence-corrected chi connectivity index (χ2v) is 2.96. The van der Waals surface area contributed by atoms with E-state index in [0.717, 1.165) is 6.08 Å². The molecule has 0 fully saturated rings. The second kappa shape index (κ2) is 5.75. The van der Waals surface area contributed by atoms with Crippen molar-refractivity contribution in [1.29, 1.82) is 0 Å². The molecule has 0 saturated heterocycles. The maximum absolute atomic E-state index is 10.8. The van der Waals surface area contributed by atoms with Crippen molar-refractivity contribution in [2.45, 2.75) is 20.1 Å². The fourth-order valence-electron chi connectivity index (χ4n) is 0.951. The number of ether oxygens (including phenoxy) is 2. The average molecular weight is 224 g/mol. The zero-order valence-electron chi connectivity index (χ0n) is 8.89. The van der Waals surface area contributed by atoms with Gasteiger partial charge in [-0.1, -0.05) is 6.58 Å². The molecule has 0 amide bonds. The van der Waals surface area contributed by atoms with Gasteiger partial charge in [-0.15, -0.1) is 0 Å². The lowest BCUT2D eigenvalue weighted by atomic mass is 10.4. The smallest absolute Gasteiger partial charge is 0.330 e. The van der Waals surface area contributed by atoms with Gasteiger partial charge in [0.15, 0.2) is 0 Å². The minimum absolute atomic E-state index is 0.0327. The number of esters is 2. The number of carbonyl (C=O) groups is 2. The molecule has 16 heavy (non-hydrogen) atoms. The van der Waals surface area contributed by atoms with E-state index in [1.165, 1.54) is 6.92 Å². The lowest BCUT2D eigenvalue weighted by Crippen LogP contribution is -1.99. The number of hydrogen-bond acceptors (Lipinski definition) is 5. The van der Waals surface area contributed by atoms with Crippen LogP contribution in [0, 0.1) is 0 Å². The van der Waals surface area contributed by atoms with Gasteiger partial charge in [0.05, 0.1) is 0 Å². The van der Waals surface area contributed by atoms with Gasteiger partial charge < -0.3 is 13.9 Å². The molecule has 1 heterocycles. The molecule has 0 unspecified atom stereocenters. The Kier molecular flexibility index (Phi) is 4.32. The molecule has 0 bridgehead atoms. The average Bonchev–Trinajstić information content (AvgIpc) is 2.71. The zero-order valence-corrected chi connectivity index (χ0v) is 8.89. The maximum Gasteiger partial charge on any atom is 0.330 e. The summed E-state index contributed by atoms with van der Waals surface area (Å²) in [6.07, 6.45) is 1.07. The van der Waals surface area contributed by atoms with Crippen LogP contribution in [-0.4, -0.2) is 11.9 Å². The second-order valence-electron chi connectivity index (χ2n) is 2.96. The number of rotatable bonds is 5. The Hall–Kier alpha value is -2.04. The SMILES string of the molecule is C=CC(=O)OCc1ccc(COC(C)=O)o1. The first kappa shape index (κ1) is 12.0. The van der Waals surface area contributed by atoms with E-state index < -0.39 is 5.97 Å². The standard InChI is InChI=1S/C11H12O5/c1-3-11(13)15-7-10-5-4-9(16-10)6-14-8(2)12/h3-5H,1,6-7H2,2H3. The molecular formula is C11H12O5. The largest absolute Gasteiger partial charge is 0.459 e. The third kappa shape index (κ3) is 4.00. The van der Waals surface area contributed by atoms with E-state index in [9.17, 15) is 9.59 Å². The van der Waals surface area contributed by atoms with Crippen LogP contribution in [0.3, 0.4) is 0 Å². The quantitative estimate of drug-likeness (QED) is 0.561. The zero-order chi connectivity index (χ0) is 12.0. The van der Waals surface area contributed by atoms with Gasteiger partial charge in [-0.3, -0.25) is 4.79 Å². The van der Waals surface area contributed by atoms with Gasteiger partial charge in [0.2, 0.25) is 0 Å². The molecule has 1 rings (SSSR count). The number of furan rings is 1. The molecule has 0 radical (unpaired) electrons. The summed E-state index contributed by atoms with van der Waals surface area (Å²) in [5.41, 5.74) is 0. The van der Waals surface area contributed by atoms with Crippen molar-refractivity contribution < 1.29 is 23.5 Å². The Morgan fingerprint density at radius 1 is 1.31 bits per heavy atom. The fraction of sp³-hybridized carbons (Fsp3) is 0.273. The highest BCUT2D eigenvalue weighted by Crippen LogP contribution is 2.10. The summed E-state index contributed by atoms with van der Waals surface area (Å²) in [7, 11) is 0. The molecular weight excluding hydrogens is 212 g/mol. The van der Waals surface area contributed by atoms with Crippen LogP contribution < -0.4 is 0 Å². The van der Waals surface area contributed by atoms with E-state index in [-0.39, 0.29) is 19.2 Å². The van der Waals surface area contributed by atoms with Crippen LogP contribution in [-0.2, 0) is 32.3 Å². The van der Waals surface area contributed by atoms with Crippen LogP contribution in [0.4, 0.5) is 0 Å². The van der Waals surface area contributed by atoms with Crippen molar-refractivity contribution in [3.05, 3.63) is 36.3 Å². The van der Waals surface area contributed by atoms with Crippen LogP contribution in [0.25, 0.3) is 0 Å². The van der Waals surface area contributed by atoms with Crippen molar-refractivity contribution in [3.8, 4) is 0 Å². The Balaban J connectivity index is 2.42. The summed E-state index contributed by atoms with van der Waals surface area (Å²) < 4.78 is 14.7. The van der Waals surface area contributed by atoms with E-state index in [1.54, 1.807) is 12.1 Å². The molecule has 0 aromatic carbocycles. The molecule has 0 aliphatic rings. The highest BCUT2D eigenvalue weighted by atomic mass is 16.5. The predicted molar refractivity (Wildman–Crippen MR) is 54.2 cm³/mol. The van der Waals surface area contributed by atoms with E-state index >= 15 is 0 Å². The third-order valence-electron chi connectivity index (χ3n) is 1.66. The van der Waals surface area contributed by atoms with E-state index in [4.69, 9.17) is 13.9 Å². The normalized spacial score (nSPS) is 9.56. The highest BCUT2D eigenvalue weighted by molar-refractivity contribution is 5.81. The highest BCUT2D eigenvalue weighted by Gasteiger charge is 2.05. The topological polar surface area (TPSA) is 65.7 Å². The first-order chi connectivity index (χ1) is 7.61. The molecule has 1 aromatic rings. The van der Waals surface area contributed by atoms with Crippen LogP contribution >= 0.6 is 0 Å². The van der Waals surface area contributed by atoms with Gasteiger partial charge in [-0.25, -0.2) is 4.79 Å². The summed E-state index contributed by atoms with van der Waals surface area (Å²) in [6.45, 7) is 4.69. The molecule has 1 aromatic heterocycles. The lowest BCUT2D eigenvalue weighted by molar-refractivity contribution is -0.142. The van der Waals surface area contributed by atoms with Gasteiger partial charge in [0.1, 0.15) is 24.7 Å². The van der Waals surface area contributed by atoms with E-state index in [0.29, 0.717) is 11.5 Å². The minimum atomic E-state index is -0.516. The van der Waals surface area contributed by atoms with E-state index in [2.05, 4.69) is 6.58 Å². The van der Waals surface area contributed by atoms with Crippen molar-refractivity contribution in [3.63, 3.8) is 0 Å². The first-order valence-corrected chi connectivity index (χ1v) is 4.62. The molecule has 0 aliphatic carbocycles. The molecule has 86 valence electrons. The van der Waals surface area contributed by atoms with Gasteiger partial charge in [0.25, 0.3) is 0 Å². The van der Waals surface area contributed by atoms with Gasteiger partial charge >= 0.3 is 11.9 Å². The van der Waals surface area contributed by atoms with Crippen molar-refractivity contribution >= 4 is 11.9 Å². The van der Waals surface area contributed by atoms with E-state index in [1.807, 2.05) is 0 Å². The Morgan fingerprint density at radius 3 is 2.38 bits per heavy atom.